The van der Waals surface area contributed by atoms with Gasteiger partial charge in [-0.15, -0.1) is 0 Å². The molecular formula is C17H18N2O. The monoisotopic (exact) mass is 266 g/mol. The van der Waals surface area contributed by atoms with Gasteiger partial charge in [0.25, 0.3) is 0 Å². The zero-order valence-corrected chi connectivity index (χ0v) is 11.6. The molecule has 3 N–H and O–H groups in total. The second-order valence-electron chi connectivity index (χ2n) is 5.02. The fraction of sp³-hybridized carbons (Fsp3) is 0.176. The fourth-order valence-corrected chi connectivity index (χ4v) is 2.68. The van der Waals surface area contributed by atoms with E-state index in [1.54, 1.807) is 0 Å². The number of rotatable bonds is 3. The molecule has 0 spiro atoms. The van der Waals surface area contributed by atoms with Crippen molar-refractivity contribution >= 4 is 16.6 Å². The van der Waals surface area contributed by atoms with Gasteiger partial charge in [-0.1, -0.05) is 24.3 Å². The number of aromatic nitrogens is 1. The Morgan fingerprint density at radius 2 is 2.00 bits per heavy atom. The first-order valence-electron chi connectivity index (χ1n) is 6.73. The van der Waals surface area contributed by atoms with Gasteiger partial charge in [0.2, 0.25) is 0 Å². The lowest BCUT2D eigenvalue weighted by Crippen LogP contribution is -2.05. The summed E-state index contributed by atoms with van der Waals surface area (Å²) in [4.78, 5) is 3.16. The number of para-hydroxylation sites is 1. The Kier molecular flexibility index (Phi) is 3.20. The lowest BCUT2D eigenvalue weighted by Gasteiger charge is -2.17. The number of fused-ring (bicyclic) bond motifs is 1. The van der Waals surface area contributed by atoms with Crippen molar-refractivity contribution < 1.29 is 5.11 Å². The first-order chi connectivity index (χ1) is 9.70. The van der Waals surface area contributed by atoms with Crippen LogP contribution in [0.5, 0.6) is 0 Å². The van der Waals surface area contributed by atoms with E-state index in [9.17, 15) is 5.11 Å². The molecule has 3 rings (SSSR count). The first-order valence-corrected chi connectivity index (χ1v) is 6.73. The summed E-state index contributed by atoms with van der Waals surface area (Å²) in [5, 5.41) is 15.0. The lowest BCUT2D eigenvalue weighted by molar-refractivity contribution is 0.221. The van der Waals surface area contributed by atoms with Crippen LogP contribution in [0, 0.1) is 6.92 Å². The van der Waals surface area contributed by atoms with Crippen molar-refractivity contribution in [2.45, 2.75) is 13.0 Å². The van der Waals surface area contributed by atoms with Gasteiger partial charge in [0.05, 0.1) is 0 Å². The highest BCUT2D eigenvalue weighted by molar-refractivity contribution is 5.80. The second kappa shape index (κ2) is 5.02. The minimum Gasteiger partial charge on any atom is -0.388 e. The molecule has 1 heterocycles. The highest BCUT2D eigenvalue weighted by Gasteiger charge is 2.15. The third kappa shape index (κ3) is 2.06. The first kappa shape index (κ1) is 12.8. The molecular weight excluding hydrogens is 248 g/mol. The zero-order valence-electron chi connectivity index (χ0n) is 11.6. The molecule has 0 bridgehead atoms. The summed E-state index contributed by atoms with van der Waals surface area (Å²) >= 11 is 0. The average molecular weight is 266 g/mol. The summed E-state index contributed by atoms with van der Waals surface area (Å²) < 4.78 is 0. The topological polar surface area (TPSA) is 48.0 Å². The van der Waals surface area contributed by atoms with Gasteiger partial charge in [-0.25, -0.2) is 0 Å². The molecule has 20 heavy (non-hydrogen) atoms. The van der Waals surface area contributed by atoms with Gasteiger partial charge in [-0.3, -0.25) is 0 Å². The van der Waals surface area contributed by atoms with Crippen LogP contribution in [0.4, 0.5) is 5.69 Å². The summed E-state index contributed by atoms with van der Waals surface area (Å²) in [5.41, 5.74) is 5.02. The van der Waals surface area contributed by atoms with Crippen LogP contribution in [-0.2, 0) is 0 Å². The number of hydrogen-bond donors (Lipinski definition) is 3. The second-order valence-corrected chi connectivity index (χ2v) is 5.02. The molecule has 3 heteroatoms. The van der Waals surface area contributed by atoms with Crippen molar-refractivity contribution in [3.05, 3.63) is 65.4 Å². The van der Waals surface area contributed by atoms with Crippen LogP contribution in [-0.4, -0.2) is 17.1 Å². The Bertz CT molecular complexity index is 746. The van der Waals surface area contributed by atoms with Gasteiger partial charge in [0.1, 0.15) is 6.10 Å². The zero-order chi connectivity index (χ0) is 14.1. The van der Waals surface area contributed by atoms with E-state index in [1.165, 1.54) is 0 Å². The highest BCUT2D eigenvalue weighted by Crippen LogP contribution is 2.31. The minimum absolute atomic E-state index is 0.628. The van der Waals surface area contributed by atoms with Crippen molar-refractivity contribution in [3.8, 4) is 0 Å². The number of anilines is 1. The van der Waals surface area contributed by atoms with Crippen LogP contribution < -0.4 is 5.32 Å². The number of benzene rings is 2. The normalized spacial score (nSPS) is 12.6. The molecule has 0 fully saturated rings. The van der Waals surface area contributed by atoms with Crippen molar-refractivity contribution in [1.29, 1.82) is 0 Å². The molecule has 1 unspecified atom stereocenters. The molecule has 1 atom stereocenters. The van der Waals surface area contributed by atoms with Crippen LogP contribution in [0.25, 0.3) is 10.9 Å². The van der Waals surface area contributed by atoms with Gasteiger partial charge in [-0.05, 0) is 41.6 Å². The molecule has 102 valence electrons. The number of aryl methyl sites for hydroxylation is 1. The molecule has 3 aromatic rings. The van der Waals surface area contributed by atoms with Crippen molar-refractivity contribution in [1.82, 2.24) is 4.98 Å². The Balaban J connectivity index is 2.07. The van der Waals surface area contributed by atoms with Crippen LogP contribution in [0.3, 0.4) is 0 Å². The van der Waals surface area contributed by atoms with Gasteiger partial charge in [0, 0.05) is 30.0 Å². The van der Waals surface area contributed by atoms with E-state index >= 15 is 0 Å². The SMILES string of the molecule is CNc1c(C)cccc1C(O)c1ccc2[nH]ccc2c1. The number of aromatic amines is 1. The number of hydrogen-bond acceptors (Lipinski definition) is 2. The maximum atomic E-state index is 10.7. The van der Waals surface area contributed by atoms with Crippen molar-refractivity contribution in [3.63, 3.8) is 0 Å². The largest absolute Gasteiger partial charge is 0.388 e. The molecule has 2 aromatic carbocycles. The molecule has 3 nitrogen and oxygen atoms in total. The number of nitrogens with one attached hydrogen (secondary N) is 2. The minimum atomic E-state index is -0.628. The van der Waals surface area contributed by atoms with Gasteiger partial charge < -0.3 is 15.4 Å². The Morgan fingerprint density at radius 3 is 2.80 bits per heavy atom. The lowest BCUT2D eigenvalue weighted by atomic mass is 9.97. The summed E-state index contributed by atoms with van der Waals surface area (Å²) in [6, 6.07) is 14.0. The third-order valence-electron chi connectivity index (χ3n) is 3.74. The van der Waals surface area contributed by atoms with Gasteiger partial charge in [0.15, 0.2) is 0 Å². The molecule has 1 aromatic heterocycles. The Labute approximate surface area is 118 Å². The molecule has 0 aliphatic heterocycles. The van der Waals surface area contributed by atoms with Crippen LogP contribution in [0.15, 0.2) is 48.7 Å². The maximum absolute atomic E-state index is 10.7. The third-order valence-corrected chi connectivity index (χ3v) is 3.74. The highest BCUT2D eigenvalue weighted by atomic mass is 16.3. The van der Waals surface area contributed by atoms with Crippen LogP contribution >= 0.6 is 0 Å². The fourth-order valence-electron chi connectivity index (χ4n) is 2.68. The molecule has 0 amide bonds. The smallest absolute Gasteiger partial charge is 0.106 e. The van der Waals surface area contributed by atoms with E-state index in [0.717, 1.165) is 33.3 Å². The van der Waals surface area contributed by atoms with E-state index in [1.807, 2.05) is 62.6 Å². The van der Waals surface area contributed by atoms with E-state index in [0.29, 0.717) is 0 Å². The maximum Gasteiger partial charge on any atom is 0.106 e. The summed E-state index contributed by atoms with van der Waals surface area (Å²) in [6.07, 6.45) is 1.28. The van der Waals surface area contributed by atoms with Crippen molar-refractivity contribution in [2.75, 3.05) is 12.4 Å². The van der Waals surface area contributed by atoms with Crippen LogP contribution in [0.2, 0.25) is 0 Å². The van der Waals surface area contributed by atoms with E-state index in [-0.39, 0.29) is 0 Å². The number of aliphatic hydroxyl groups excluding tert-OH is 1. The number of H-pyrrole nitrogens is 1. The Hall–Kier alpha value is -2.26. The van der Waals surface area contributed by atoms with Crippen LogP contribution in [0.1, 0.15) is 22.8 Å². The van der Waals surface area contributed by atoms with E-state index < -0.39 is 6.10 Å². The number of aliphatic hydroxyl groups is 1. The molecule has 0 aliphatic rings. The van der Waals surface area contributed by atoms with Crippen molar-refractivity contribution in [2.24, 2.45) is 0 Å². The quantitative estimate of drug-likeness (QED) is 0.678. The molecule has 0 saturated carbocycles. The van der Waals surface area contributed by atoms with E-state index in [4.69, 9.17) is 0 Å². The van der Waals surface area contributed by atoms with E-state index in [2.05, 4.69) is 10.3 Å². The summed E-state index contributed by atoms with van der Waals surface area (Å²) in [6.45, 7) is 2.04. The molecule has 0 radical (unpaired) electrons. The predicted molar refractivity (Wildman–Crippen MR) is 83.1 cm³/mol. The predicted octanol–water partition coefficient (Wildman–Crippen LogP) is 3.60. The standard InChI is InChI=1S/C17H18N2O/c1-11-4-3-5-14(16(11)18-2)17(20)13-6-7-15-12(10-13)8-9-19-15/h3-10,17-20H,1-2H3. The summed E-state index contributed by atoms with van der Waals surface area (Å²) in [7, 11) is 1.88. The average Bonchev–Trinajstić information content (AvgIpc) is 2.93. The Morgan fingerprint density at radius 1 is 1.15 bits per heavy atom. The van der Waals surface area contributed by atoms with Gasteiger partial charge in [-0.2, -0.15) is 0 Å². The van der Waals surface area contributed by atoms with Gasteiger partial charge >= 0.3 is 0 Å². The summed E-state index contributed by atoms with van der Waals surface area (Å²) in [5.74, 6) is 0. The molecule has 0 aliphatic carbocycles. The molecule has 0 saturated heterocycles.